The quantitative estimate of drug-likeness (QED) is 0.378. The van der Waals surface area contributed by atoms with Gasteiger partial charge in [0.2, 0.25) is 11.8 Å². The van der Waals surface area contributed by atoms with Crippen LogP contribution in [0, 0.1) is 5.92 Å². The van der Waals surface area contributed by atoms with Crippen molar-refractivity contribution in [1.82, 2.24) is 10.6 Å². The van der Waals surface area contributed by atoms with Crippen LogP contribution in [0.3, 0.4) is 0 Å². The van der Waals surface area contributed by atoms with Crippen LogP contribution in [-0.4, -0.2) is 48.4 Å². The van der Waals surface area contributed by atoms with Crippen molar-refractivity contribution in [3.05, 3.63) is 0 Å². The van der Waals surface area contributed by atoms with E-state index in [1.165, 1.54) is 0 Å². The van der Waals surface area contributed by atoms with Crippen LogP contribution < -0.4 is 16.4 Å². The minimum Gasteiger partial charge on any atom is -0.394 e. The van der Waals surface area contributed by atoms with E-state index in [-0.39, 0.29) is 12.5 Å². The first kappa shape index (κ1) is 15.5. The summed E-state index contributed by atoms with van der Waals surface area (Å²) in [6, 6.07) is -1.84. The lowest BCUT2D eigenvalue weighted by Crippen LogP contribution is -2.54. The molecule has 0 aliphatic rings. The third-order valence-corrected chi connectivity index (χ3v) is 2.20. The van der Waals surface area contributed by atoms with E-state index in [1.54, 1.807) is 13.8 Å². The van der Waals surface area contributed by atoms with E-state index in [9.17, 15) is 14.4 Å². The summed E-state index contributed by atoms with van der Waals surface area (Å²) in [5.74, 6) is -1.21. The Bertz CT molecular complexity index is 281. The van der Waals surface area contributed by atoms with Gasteiger partial charge in [-0.25, -0.2) is 0 Å². The van der Waals surface area contributed by atoms with Gasteiger partial charge < -0.3 is 26.3 Å². The van der Waals surface area contributed by atoms with Gasteiger partial charge >= 0.3 is 0 Å². The minimum atomic E-state index is -1.09. The fraction of sp³-hybridized carbons (Fsp3) is 0.700. The Labute approximate surface area is 99.7 Å². The molecule has 0 rings (SSSR count). The van der Waals surface area contributed by atoms with Crippen molar-refractivity contribution < 1.29 is 19.5 Å². The van der Waals surface area contributed by atoms with Crippen molar-refractivity contribution in [2.75, 3.05) is 13.2 Å². The molecule has 7 nitrogen and oxygen atoms in total. The Morgan fingerprint density at radius 2 is 1.94 bits per heavy atom. The van der Waals surface area contributed by atoms with E-state index in [1.807, 2.05) is 0 Å². The van der Waals surface area contributed by atoms with Crippen LogP contribution >= 0.6 is 0 Å². The van der Waals surface area contributed by atoms with E-state index in [0.29, 0.717) is 6.29 Å². The normalized spacial score (nSPS) is 13.9. The third kappa shape index (κ3) is 5.41. The monoisotopic (exact) mass is 245 g/mol. The SMILES string of the molecule is CC(C)[C@H](N)C(=O)N[C@@H](CO)C(=O)NCC=O. The highest BCUT2D eigenvalue weighted by atomic mass is 16.3. The van der Waals surface area contributed by atoms with E-state index in [2.05, 4.69) is 10.6 Å². The lowest BCUT2D eigenvalue weighted by atomic mass is 10.0. The van der Waals surface area contributed by atoms with Crippen molar-refractivity contribution in [2.45, 2.75) is 25.9 Å². The zero-order valence-corrected chi connectivity index (χ0v) is 9.97. The summed E-state index contributed by atoms with van der Waals surface area (Å²) >= 11 is 0. The number of aldehydes is 1. The molecule has 0 bridgehead atoms. The third-order valence-electron chi connectivity index (χ3n) is 2.20. The summed E-state index contributed by atoms with van der Waals surface area (Å²) in [5.41, 5.74) is 5.58. The average Bonchev–Trinajstić information content (AvgIpc) is 2.31. The van der Waals surface area contributed by atoms with Crippen molar-refractivity contribution in [3.63, 3.8) is 0 Å². The molecule has 0 saturated heterocycles. The second kappa shape index (κ2) is 7.75. The van der Waals surface area contributed by atoms with Gasteiger partial charge in [0.25, 0.3) is 0 Å². The van der Waals surface area contributed by atoms with E-state index in [4.69, 9.17) is 10.8 Å². The predicted octanol–water partition coefficient (Wildman–Crippen LogP) is -2.24. The molecule has 0 aliphatic carbocycles. The molecule has 5 N–H and O–H groups in total. The molecule has 0 unspecified atom stereocenters. The first-order chi connectivity index (χ1) is 7.93. The number of aliphatic hydroxyl groups excluding tert-OH is 1. The van der Waals surface area contributed by atoms with E-state index < -0.39 is 30.5 Å². The minimum absolute atomic E-state index is 0.0765. The number of rotatable bonds is 7. The zero-order valence-electron chi connectivity index (χ0n) is 9.97. The number of carbonyl (C=O) groups excluding carboxylic acids is 3. The zero-order chi connectivity index (χ0) is 13.4. The van der Waals surface area contributed by atoms with Gasteiger partial charge in [-0.2, -0.15) is 0 Å². The summed E-state index contributed by atoms with van der Waals surface area (Å²) in [6.45, 7) is 2.82. The molecule has 0 aromatic carbocycles. The predicted molar refractivity (Wildman–Crippen MR) is 60.9 cm³/mol. The van der Waals surface area contributed by atoms with Crippen molar-refractivity contribution in [2.24, 2.45) is 11.7 Å². The molecule has 0 fully saturated rings. The lowest BCUT2D eigenvalue weighted by molar-refractivity contribution is -0.131. The molecular formula is C10H19N3O4. The Morgan fingerprint density at radius 1 is 1.35 bits per heavy atom. The van der Waals surface area contributed by atoms with Gasteiger partial charge in [-0.15, -0.1) is 0 Å². The number of amides is 2. The smallest absolute Gasteiger partial charge is 0.245 e. The summed E-state index contributed by atoms with van der Waals surface area (Å²) in [5, 5.41) is 13.5. The Hall–Kier alpha value is -1.47. The van der Waals surface area contributed by atoms with Gasteiger partial charge in [-0.1, -0.05) is 13.8 Å². The number of carbonyl (C=O) groups is 3. The average molecular weight is 245 g/mol. The van der Waals surface area contributed by atoms with Gasteiger partial charge in [0.05, 0.1) is 19.2 Å². The molecule has 7 heteroatoms. The number of aliphatic hydroxyl groups is 1. The fourth-order valence-corrected chi connectivity index (χ4v) is 1.03. The van der Waals surface area contributed by atoms with E-state index >= 15 is 0 Å². The van der Waals surface area contributed by atoms with Crippen molar-refractivity contribution >= 4 is 18.1 Å². The summed E-state index contributed by atoms with van der Waals surface area (Å²) < 4.78 is 0. The number of nitrogens with one attached hydrogen (secondary N) is 2. The highest BCUT2D eigenvalue weighted by Crippen LogP contribution is 1.98. The maximum Gasteiger partial charge on any atom is 0.245 e. The fourth-order valence-electron chi connectivity index (χ4n) is 1.03. The van der Waals surface area contributed by atoms with Crippen LogP contribution in [0.2, 0.25) is 0 Å². The molecule has 0 radical (unpaired) electrons. The second-order valence-corrected chi connectivity index (χ2v) is 3.93. The topological polar surface area (TPSA) is 122 Å². The van der Waals surface area contributed by atoms with Gasteiger partial charge in [-0.05, 0) is 5.92 Å². The molecule has 2 atom stereocenters. The molecule has 2 amide bonds. The van der Waals surface area contributed by atoms with Crippen LogP contribution in [0.1, 0.15) is 13.8 Å². The van der Waals surface area contributed by atoms with Gasteiger partial charge in [0.15, 0.2) is 0 Å². The van der Waals surface area contributed by atoms with Crippen molar-refractivity contribution in [3.8, 4) is 0 Å². The molecule has 0 spiro atoms. The molecule has 0 aliphatic heterocycles. The number of nitrogens with two attached hydrogens (primary N) is 1. The summed E-state index contributed by atoms with van der Waals surface area (Å²) in [6.07, 6.45) is 0.508. The maximum atomic E-state index is 11.5. The van der Waals surface area contributed by atoms with Crippen molar-refractivity contribution in [1.29, 1.82) is 0 Å². The highest BCUT2D eigenvalue weighted by Gasteiger charge is 2.24. The van der Waals surface area contributed by atoms with Crippen LogP contribution in [0.5, 0.6) is 0 Å². The van der Waals surface area contributed by atoms with Crippen LogP contribution in [0.4, 0.5) is 0 Å². The standard InChI is InChI=1S/C10H19N3O4/c1-6(2)8(11)10(17)13-7(5-15)9(16)12-3-4-14/h4,6-8,15H,3,5,11H2,1-2H3,(H,12,16)(H,13,17)/t7-,8-/m0/s1. The van der Waals surface area contributed by atoms with Gasteiger partial charge in [0.1, 0.15) is 12.3 Å². The van der Waals surface area contributed by atoms with Crippen LogP contribution in [-0.2, 0) is 14.4 Å². The number of hydrogen-bond acceptors (Lipinski definition) is 5. The van der Waals surface area contributed by atoms with Gasteiger partial charge in [0, 0.05) is 0 Å². The Balaban J connectivity index is 4.34. The lowest BCUT2D eigenvalue weighted by Gasteiger charge is -2.20. The van der Waals surface area contributed by atoms with Crippen LogP contribution in [0.25, 0.3) is 0 Å². The summed E-state index contributed by atoms with van der Waals surface area (Å²) in [7, 11) is 0. The molecule has 0 aromatic rings. The molecular weight excluding hydrogens is 226 g/mol. The first-order valence-corrected chi connectivity index (χ1v) is 5.32. The molecule has 98 valence electrons. The second-order valence-electron chi connectivity index (χ2n) is 3.93. The molecule has 17 heavy (non-hydrogen) atoms. The molecule has 0 heterocycles. The highest BCUT2D eigenvalue weighted by molar-refractivity contribution is 5.90. The largest absolute Gasteiger partial charge is 0.394 e. The Morgan fingerprint density at radius 3 is 2.35 bits per heavy atom. The van der Waals surface area contributed by atoms with Gasteiger partial charge in [-0.3, -0.25) is 9.59 Å². The Kier molecular flexibility index (Phi) is 7.08. The number of hydrogen-bond donors (Lipinski definition) is 4. The molecule has 0 aromatic heterocycles. The van der Waals surface area contributed by atoms with E-state index in [0.717, 1.165) is 0 Å². The van der Waals surface area contributed by atoms with Crippen LogP contribution in [0.15, 0.2) is 0 Å². The first-order valence-electron chi connectivity index (χ1n) is 5.32. The molecule has 0 saturated carbocycles. The summed E-state index contributed by atoms with van der Waals surface area (Å²) in [4.78, 5) is 33.0. The maximum absolute atomic E-state index is 11.5.